The van der Waals surface area contributed by atoms with E-state index in [0.29, 0.717) is 5.02 Å². The Balaban J connectivity index is 2.28. The van der Waals surface area contributed by atoms with Crippen LogP contribution in [0.1, 0.15) is 30.6 Å². The van der Waals surface area contributed by atoms with Crippen LogP contribution in [0.5, 0.6) is 5.75 Å². The predicted octanol–water partition coefficient (Wildman–Crippen LogP) is 3.24. The van der Waals surface area contributed by atoms with E-state index >= 15 is 0 Å². The predicted molar refractivity (Wildman–Crippen MR) is 81.0 cm³/mol. The van der Waals surface area contributed by atoms with Crippen molar-refractivity contribution >= 4 is 11.6 Å². The molecule has 108 valence electrons. The van der Waals surface area contributed by atoms with E-state index in [2.05, 4.69) is 5.10 Å². The minimum absolute atomic E-state index is 0.0886. The molecule has 0 fully saturated rings. The normalized spacial score (nSPS) is 14.1. The Morgan fingerprint density at radius 1 is 1.45 bits per heavy atom. The molecule has 0 radical (unpaired) electrons. The summed E-state index contributed by atoms with van der Waals surface area (Å²) in [4.78, 5) is 0. The SMILES string of the molecule is CCC(N)C(Oc1ccc(Cl)cc1C)c1cnn(C)c1. The number of aryl methyl sites for hydroxylation is 2. The van der Waals surface area contributed by atoms with Gasteiger partial charge in [0.2, 0.25) is 0 Å². The summed E-state index contributed by atoms with van der Waals surface area (Å²) >= 11 is 5.97. The molecule has 0 amide bonds. The highest BCUT2D eigenvalue weighted by Crippen LogP contribution is 2.29. The van der Waals surface area contributed by atoms with Crippen LogP contribution in [0.25, 0.3) is 0 Å². The zero-order valence-corrected chi connectivity index (χ0v) is 12.8. The highest BCUT2D eigenvalue weighted by Gasteiger charge is 2.22. The van der Waals surface area contributed by atoms with Gasteiger partial charge in [-0.2, -0.15) is 5.10 Å². The Bertz CT molecular complexity index is 582. The van der Waals surface area contributed by atoms with Gasteiger partial charge < -0.3 is 10.5 Å². The summed E-state index contributed by atoms with van der Waals surface area (Å²) in [6, 6.07) is 5.49. The third-order valence-corrected chi connectivity index (χ3v) is 3.54. The van der Waals surface area contributed by atoms with Crippen molar-refractivity contribution in [2.75, 3.05) is 0 Å². The Kier molecular flexibility index (Phi) is 4.68. The minimum atomic E-state index is -0.214. The first-order valence-corrected chi connectivity index (χ1v) is 7.06. The number of benzene rings is 1. The van der Waals surface area contributed by atoms with Gasteiger partial charge in [0.1, 0.15) is 11.9 Å². The highest BCUT2D eigenvalue weighted by molar-refractivity contribution is 6.30. The molecule has 1 heterocycles. The zero-order valence-electron chi connectivity index (χ0n) is 12.0. The van der Waals surface area contributed by atoms with Crippen LogP contribution in [0.15, 0.2) is 30.6 Å². The van der Waals surface area contributed by atoms with Gasteiger partial charge >= 0.3 is 0 Å². The van der Waals surface area contributed by atoms with Gasteiger partial charge in [-0.3, -0.25) is 4.68 Å². The van der Waals surface area contributed by atoms with E-state index < -0.39 is 0 Å². The lowest BCUT2D eigenvalue weighted by molar-refractivity contribution is 0.170. The van der Waals surface area contributed by atoms with E-state index in [1.54, 1.807) is 10.9 Å². The van der Waals surface area contributed by atoms with E-state index in [0.717, 1.165) is 23.3 Å². The second-order valence-corrected chi connectivity index (χ2v) is 5.40. The lowest BCUT2D eigenvalue weighted by Gasteiger charge is -2.24. The quantitative estimate of drug-likeness (QED) is 0.921. The second kappa shape index (κ2) is 6.29. The fourth-order valence-corrected chi connectivity index (χ4v) is 2.31. The fraction of sp³-hybridized carbons (Fsp3) is 0.400. The van der Waals surface area contributed by atoms with Gasteiger partial charge in [0.05, 0.1) is 6.20 Å². The topological polar surface area (TPSA) is 53.1 Å². The highest BCUT2D eigenvalue weighted by atomic mass is 35.5. The van der Waals surface area contributed by atoms with Gasteiger partial charge in [0.25, 0.3) is 0 Å². The van der Waals surface area contributed by atoms with Crippen LogP contribution in [-0.2, 0) is 7.05 Å². The molecule has 4 nitrogen and oxygen atoms in total. The Morgan fingerprint density at radius 2 is 2.20 bits per heavy atom. The first-order chi connectivity index (χ1) is 9.51. The number of nitrogens with zero attached hydrogens (tertiary/aromatic N) is 2. The molecule has 0 aliphatic heterocycles. The molecule has 2 unspecified atom stereocenters. The molecular formula is C15H20ClN3O. The number of halogens is 1. The van der Waals surface area contributed by atoms with E-state index in [-0.39, 0.29) is 12.1 Å². The van der Waals surface area contributed by atoms with E-state index in [1.165, 1.54) is 0 Å². The molecule has 1 aromatic carbocycles. The van der Waals surface area contributed by atoms with Gasteiger partial charge in [0, 0.05) is 29.9 Å². The van der Waals surface area contributed by atoms with E-state index in [1.807, 2.05) is 45.3 Å². The molecule has 2 atom stereocenters. The number of ether oxygens (including phenoxy) is 1. The number of aromatic nitrogens is 2. The molecule has 5 heteroatoms. The van der Waals surface area contributed by atoms with Gasteiger partial charge in [0.15, 0.2) is 0 Å². The molecule has 0 aliphatic rings. The Morgan fingerprint density at radius 3 is 2.75 bits per heavy atom. The van der Waals surface area contributed by atoms with Crippen molar-refractivity contribution < 1.29 is 4.74 Å². The van der Waals surface area contributed by atoms with Gasteiger partial charge in [-0.05, 0) is 37.1 Å². The van der Waals surface area contributed by atoms with Crippen molar-refractivity contribution in [3.8, 4) is 5.75 Å². The van der Waals surface area contributed by atoms with Gasteiger partial charge in [-0.1, -0.05) is 18.5 Å². The number of rotatable bonds is 5. The van der Waals surface area contributed by atoms with E-state index in [9.17, 15) is 0 Å². The van der Waals surface area contributed by atoms with Crippen LogP contribution >= 0.6 is 11.6 Å². The Labute approximate surface area is 124 Å². The lowest BCUT2D eigenvalue weighted by atomic mass is 10.0. The third kappa shape index (κ3) is 3.32. The van der Waals surface area contributed by atoms with Crippen LogP contribution < -0.4 is 10.5 Å². The molecule has 2 N–H and O–H groups in total. The maximum absolute atomic E-state index is 6.20. The second-order valence-electron chi connectivity index (χ2n) is 4.97. The van der Waals surface area contributed by atoms with E-state index in [4.69, 9.17) is 22.1 Å². The molecular weight excluding hydrogens is 274 g/mol. The fourth-order valence-electron chi connectivity index (χ4n) is 2.09. The summed E-state index contributed by atoms with van der Waals surface area (Å²) in [7, 11) is 1.88. The average molecular weight is 294 g/mol. The molecule has 0 bridgehead atoms. The number of nitrogens with two attached hydrogens (primary N) is 1. The lowest BCUT2D eigenvalue weighted by Crippen LogP contribution is -2.31. The van der Waals surface area contributed by atoms with Crippen LogP contribution in [-0.4, -0.2) is 15.8 Å². The first-order valence-electron chi connectivity index (χ1n) is 6.68. The summed E-state index contributed by atoms with van der Waals surface area (Å²) in [6.45, 7) is 4.02. The molecule has 0 spiro atoms. The standard InChI is InChI=1S/C15H20ClN3O/c1-4-13(17)15(11-8-18-19(3)9-11)20-14-6-5-12(16)7-10(14)2/h5-9,13,15H,4,17H2,1-3H3. The molecule has 20 heavy (non-hydrogen) atoms. The van der Waals surface area contributed by atoms with Gasteiger partial charge in [-0.15, -0.1) is 0 Å². The van der Waals surface area contributed by atoms with Crippen molar-refractivity contribution in [3.05, 3.63) is 46.7 Å². The van der Waals surface area contributed by atoms with Crippen LogP contribution in [0.2, 0.25) is 5.02 Å². The summed E-state index contributed by atoms with van der Waals surface area (Å²) in [5.41, 5.74) is 8.18. The van der Waals surface area contributed by atoms with Crippen molar-refractivity contribution in [2.24, 2.45) is 12.8 Å². The van der Waals surface area contributed by atoms with Gasteiger partial charge in [-0.25, -0.2) is 0 Å². The minimum Gasteiger partial charge on any atom is -0.484 e. The smallest absolute Gasteiger partial charge is 0.142 e. The van der Waals surface area contributed by atoms with Crippen LogP contribution in [0, 0.1) is 6.92 Å². The molecule has 0 saturated heterocycles. The summed E-state index contributed by atoms with van der Waals surface area (Å²) in [5, 5.41) is 4.89. The van der Waals surface area contributed by atoms with Crippen molar-refractivity contribution in [2.45, 2.75) is 32.4 Å². The summed E-state index contributed by atoms with van der Waals surface area (Å²) < 4.78 is 7.87. The molecule has 1 aromatic heterocycles. The largest absolute Gasteiger partial charge is 0.484 e. The first kappa shape index (κ1) is 14.9. The average Bonchev–Trinajstić information content (AvgIpc) is 2.83. The third-order valence-electron chi connectivity index (χ3n) is 3.30. The molecule has 0 saturated carbocycles. The maximum Gasteiger partial charge on any atom is 0.142 e. The monoisotopic (exact) mass is 293 g/mol. The van der Waals surface area contributed by atoms with Crippen molar-refractivity contribution in [1.29, 1.82) is 0 Å². The zero-order chi connectivity index (χ0) is 14.7. The summed E-state index contributed by atoms with van der Waals surface area (Å²) in [6.07, 6.45) is 4.34. The molecule has 2 rings (SSSR count). The van der Waals surface area contributed by atoms with Crippen molar-refractivity contribution in [1.82, 2.24) is 9.78 Å². The maximum atomic E-state index is 6.20. The Hall–Kier alpha value is -1.52. The number of hydrogen-bond acceptors (Lipinski definition) is 3. The van der Waals surface area contributed by atoms with Crippen LogP contribution in [0.3, 0.4) is 0 Å². The molecule has 2 aromatic rings. The number of hydrogen-bond donors (Lipinski definition) is 1. The molecule has 0 aliphatic carbocycles. The summed E-state index contributed by atoms with van der Waals surface area (Å²) in [5.74, 6) is 0.798. The van der Waals surface area contributed by atoms with Crippen LogP contribution in [0.4, 0.5) is 0 Å². The van der Waals surface area contributed by atoms with Crippen molar-refractivity contribution in [3.63, 3.8) is 0 Å².